The third-order valence-electron chi connectivity index (χ3n) is 3.36. The fourth-order valence-corrected chi connectivity index (χ4v) is 2.39. The molecule has 1 amide bonds. The van der Waals surface area contributed by atoms with Gasteiger partial charge in [-0.25, -0.2) is 0 Å². The van der Waals surface area contributed by atoms with E-state index in [1.165, 1.54) is 0 Å². The molecule has 0 heterocycles. The van der Waals surface area contributed by atoms with E-state index in [1.807, 2.05) is 37.3 Å². The lowest BCUT2D eigenvalue weighted by atomic mass is 10.3. The molecule has 0 bridgehead atoms. The van der Waals surface area contributed by atoms with Crippen LogP contribution in [0.4, 0.5) is 5.69 Å². The molecule has 0 fully saturated rings. The summed E-state index contributed by atoms with van der Waals surface area (Å²) in [6, 6.07) is 16.4. The van der Waals surface area contributed by atoms with Crippen molar-refractivity contribution < 1.29 is 19.4 Å². The molecule has 2 aromatic rings. The van der Waals surface area contributed by atoms with E-state index in [0.29, 0.717) is 23.7 Å². The number of rotatable bonds is 9. The van der Waals surface area contributed by atoms with Gasteiger partial charge in [-0.05, 0) is 37.2 Å². The summed E-state index contributed by atoms with van der Waals surface area (Å²) in [5.74, 6) is 0.118. The van der Waals surface area contributed by atoms with E-state index < -0.39 is 5.97 Å². The molecule has 0 aliphatic rings. The van der Waals surface area contributed by atoms with Crippen LogP contribution in [0.2, 0.25) is 0 Å². The fraction of sp³-hybridized carbons (Fsp3) is 0.263. The molecule has 0 atom stereocenters. The fourth-order valence-electron chi connectivity index (χ4n) is 2.39. The Bertz CT molecular complexity index is 704. The van der Waals surface area contributed by atoms with Crippen LogP contribution < -0.4 is 10.1 Å². The van der Waals surface area contributed by atoms with Crippen LogP contribution in [0.5, 0.6) is 11.5 Å². The van der Waals surface area contributed by atoms with Gasteiger partial charge in [-0.1, -0.05) is 31.2 Å². The van der Waals surface area contributed by atoms with Crippen LogP contribution in [0.15, 0.2) is 54.6 Å². The third-order valence-corrected chi connectivity index (χ3v) is 3.36. The summed E-state index contributed by atoms with van der Waals surface area (Å²) < 4.78 is 5.73. The van der Waals surface area contributed by atoms with Crippen molar-refractivity contribution in [3.05, 3.63) is 54.6 Å². The van der Waals surface area contributed by atoms with Crippen LogP contribution in [0.3, 0.4) is 0 Å². The van der Waals surface area contributed by atoms with Gasteiger partial charge in [-0.3, -0.25) is 14.5 Å². The number of carboxylic acids is 1. The topological polar surface area (TPSA) is 78.9 Å². The molecule has 25 heavy (non-hydrogen) atoms. The van der Waals surface area contributed by atoms with E-state index in [4.69, 9.17) is 9.84 Å². The highest BCUT2D eigenvalue weighted by Crippen LogP contribution is 2.23. The van der Waals surface area contributed by atoms with E-state index in [2.05, 4.69) is 5.32 Å². The first kappa shape index (κ1) is 18.5. The van der Waals surface area contributed by atoms with Gasteiger partial charge in [0, 0.05) is 11.8 Å². The highest BCUT2D eigenvalue weighted by molar-refractivity contribution is 5.92. The molecule has 6 nitrogen and oxygen atoms in total. The number of aliphatic carboxylic acids is 1. The number of para-hydroxylation sites is 1. The van der Waals surface area contributed by atoms with E-state index in [-0.39, 0.29) is 19.0 Å². The molecule has 2 aromatic carbocycles. The Labute approximate surface area is 147 Å². The lowest BCUT2D eigenvalue weighted by Gasteiger charge is -2.18. The predicted molar refractivity (Wildman–Crippen MR) is 96.0 cm³/mol. The highest BCUT2D eigenvalue weighted by atomic mass is 16.5. The first-order valence-corrected chi connectivity index (χ1v) is 8.14. The van der Waals surface area contributed by atoms with Gasteiger partial charge in [-0.15, -0.1) is 0 Å². The monoisotopic (exact) mass is 342 g/mol. The Morgan fingerprint density at radius 2 is 1.76 bits per heavy atom. The van der Waals surface area contributed by atoms with Crippen molar-refractivity contribution in [2.45, 2.75) is 13.3 Å². The molecule has 0 saturated heterocycles. The van der Waals surface area contributed by atoms with Gasteiger partial charge in [0.05, 0.1) is 13.1 Å². The van der Waals surface area contributed by atoms with Gasteiger partial charge in [0.2, 0.25) is 5.91 Å². The molecule has 0 aliphatic heterocycles. The lowest BCUT2D eigenvalue weighted by molar-refractivity contribution is -0.138. The molecule has 0 spiro atoms. The summed E-state index contributed by atoms with van der Waals surface area (Å²) in [7, 11) is 0. The average molecular weight is 342 g/mol. The molecular formula is C19H22N2O4. The number of carbonyl (C=O) groups excluding carboxylic acids is 1. The van der Waals surface area contributed by atoms with Crippen molar-refractivity contribution in [1.82, 2.24) is 4.90 Å². The highest BCUT2D eigenvalue weighted by Gasteiger charge is 2.13. The zero-order chi connectivity index (χ0) is 18.1. The summed E-state index contributed by atoms with van der Waals surface area (Å²) in [6.07, 6.45) is 0.779. The quantitative estimate of drug-likeness (QED) is 0.731. The maximum absolute atomic E-state index is 12.2. The zero-order valence-electron chi connectivity index (χ0n) is 14.1. The second-order valence-corrected chi connectivity index (χ2v) is 5.60. The number of amides is 1. The predicted octanol–water partition coefficient (Wildman–Crippen LogP) is 3.21. The van der Waals surface area contributed by atoms with Crippen LogP contribution in [0.25, 0.3) is 0 Å². The summed E-state index contributed by atoms with van der Waals surface area (Å²) in [5.41, 5.74) is 0.602. The molecule has 2 rings (SSSR count). The normalized spacial score (nSPS) is 10.5. The van der Waals surface area contributed by atoms with Crippen LogP contribution in [0.1, 0.15) is 13.3 Å². The summed E-state index contributed by atoms with van der Waals surface area (Å²) in [5, 5.41) is 11.7. The van der Waals surface area contributed by atoms with Crippen LogP contribution >= 0.6 is 0 Å². The number of benzene rings is 2. The second-order valence-electron chi connectivity index (χ2n) is 5.60. The van der Waals surface area contributed by atoms with Gasteiger partial charge in [0.1, 0.15) is 11.5 Å². The molecule has 132 valence electrons. The minimum absolute atomic E-state index is 0.0317. The Morgan fingerprint density at radius 1 is 1.04 bits per heavy atom. The minimum atomic E-state index is -0.945. The van der Waals surface area contributed by atoms with Crippen LogP contribution in [-0.4, -0.2) is 41.5 Å². The van der Waals surface area contributed by atoms with Gasteiger partial charge >= 0.3 is 5.97 Å². The van der Waals surface area contributed by atoms with Crippen molar-refractivity contribution in [2.75, 3.05) is 25.0 Å². The standard InChI is InChI=1S/C19H22N2O4/c1-2-11-21(14-19(23)24)13-18(22)20-15-7-6-10-17(12-15)25-16-8-4-3-5-9-16/h3-10,12H,2,11,13-14H2,1H3,(H,20,22)(H,23,24). The van der Waals surface area contributed by atoms with Crippen molar-refractivity contribution in [3.8, 4) is 11.5 Å². The number of carboxylic acid groups (broad SMARTS) is 1. The van der Waals surface area contributed by atoms with E-state index >= 15 is 0 Å². The summed E-state index contributed by atoms with van der Waals surface area (Å²) >= 11 is 0. The SMILES string of the molecule is CCCN(CC(=O)O)CC(=O)Nc1cccc(Oc2ccccc2)c1. The van der Waals surface area contributed by atoms with Crippen molar-refractivity contribution in [2.24, 2.45) is 0 Å². The molecule has 0 saturated carbocycles. The zero-order valence-corrected chi connectivity index (χ0v) is 14.1. The van der Waals surface area contributed by atoms with Gasteiger partial charge in [0.25, 0.3) is 0 Å². The lowest BCUT2D eigenvalue weighted by Crippen LogP contribution is -2.37. The Hall–Kier alpha value is -2.86. The molecule has 0 aliphatic carbocycles. The molecular weight excluding hydrogens is 320 g/mol. The summed E-state index contributed by atoms with van der Waals surface area (Å²) in [6.45, 7) is 2.37. The van der Waals surface area contributed by atoms with Crippen molar-refractivity contribution in [3.63, 3.8) is 0 Å². The molecule has 0 aromatic heterocycles. The Balaban J connectivity index is 1.96. The number of anilines is 1. The first-order chi connectivity index (χ1) is 12.1. The van der Waals surface area contributed by atoms with Gasteiger partial charge < -0.3 is 15.2 Å². The molecule has 6 heteroatoms. The number of nitrogens with zero attached hydrogens (tertiary/aromatic N) is 1. The maximum atomic E-state index is 12.2. The maximum Gasteiger partial charge on any atom is 0.317 e. The smallest absolute Gasteiger partial charge is 0.317 e. The first-order valence-electron chi connectivity index (χ1n) is 8.14. The van der Waals surface area contributed by atoms with E-state index in [1.54, 1.807) is 29.2 Å². The van der Waals surface area contributed by atoms with E-state index in [0.717, 1.165) is 6.42 Å². The number of hydrogen-bond donors (Lipinski definition) is 2. The molecule has 0 radical (unpaired) electrons. The Kier molecular flexibility index (Phi) is 6.98. The molecule has 2 N–H and O–H groups in total. The number of nitrogens with one attached hydrogen (secondary N) is 1. The van der Waals surface area contributed by atoms with Crippen LogP contribution in [-0.2, 0) is 9.59 Å². The number of carbonyl (C=O) groups is 2. The summed E-state index contributed by atoms with van der Waals surface area (Å²) in [4.78, 5) is 24.6. The minimum Gasteiger partial charge on any atom is -0.480 e. The second kappa shape index (κ2) is 9.44. The Morgan fingerprint density at radius 3 is 2.44 bits per heavy atom. The largest absolute Gasteiger partial charge is 0.480 e. The van der Waals surface area contributed by atoms with Crippen molar-refractivity contribution in [1.29, 1.82) is 0 Å². The number of ether oxygens (including phenoxy) is 1. The van der Waals surface area contributed by atoms with Crippen molar-refractivity contribution >= 4 is 17.6 Å². The van der Waals surface area contributed by atoms with Crippen LogP contribution in [0, 0.1) is 0 Å². The van der Waals surface area contributed by atoms with Gasteiger partial charge in [0.15, 0.2) is 0 Å². The number of hydrogen-bond acceptors (Lipinski definition) is 4. The molecule has 0 unspecified atom stereocenters. The average Bonchev–Trinajstić information content (AvgIpc) is 2.55. The third kappa shape index (κ3) is 6.64. The van der Waals surface area contributed by atoms with E-state index in [9.17, 15) is 9.59 Å². The van der Waals surface area contributed by atoms with Gasteiger partial charge in [-0.2, -0.15) is 0 Å².